The van der Waals surface area contributed by atoms with Crippen LogP contribution in [-0.4, -0.2) is 8.32 Å². The second-order valence-electron chi connectivity index (χ2n) is 6.52. The SMILES string of the molecule is Cc1ccc(C)c(O[Si](C)(C)C(C)(C)C)c1C. The predicted molar refractivity (Wildman–Crippen MR) is 78.5 cm³/mol. The lowest BCUT2D eigenvalue weighted by Gasteiger charge is -2.37. The van der Waals surface area contributed by atoms with Gasteiger partial charge in [-0.15, -0.1) is 0 Å². The molecule has 2 heteroatoms. The molecule has 0 bridgehead atoms. The first kappa shape index (κ1) is 14.3. The van der Waals surface area contributed by atoms with Crippen LogP contribution in [0.15, 0.2) is 12.1 Å². The number of benzene rings is 1. The van der Waals surface area contributed by atoms with E-state index in [2.05, 4.69) is 66.8 Å². The number of rotatable bonds is 2. The first-order chi connectivity index (χ1) is 7.56. The molecular weight excluding hydrogens is 224 g/mol. The van der Waals surface area contributed by atoms with Crippen LogP contribution in [0.5, 0.6) is 5.75 Å². The minimum absolute atomic E-state index is 0.246. The Morgan fingerprint density at radius 2 is 1.41 bits per heavy atom. The monoisotopic (exact) mass is 250 g/mol. The van der Waals surface area contributed by atoms with Crippen molar-refractivity contribution in [1.82, 2.24) is 0 Å². The summed E-state index contributed by atoms with van der Waals surface area (Å²) in [6, 6.07) is 4.33. The molecule has 0 fully saturated rings. The molecule has 0 heterocycles. The molecule has 0 N–H and O–H groups in total. The van der Waals surface area contributed by atoms with Gasteiger partial charge in [0.15, 0.2) is 0 Å². The quantitative estimate of drug-likeness (QED) is 0.671. The predicted octanol–water partition coefficient (Wildman–Crippen LogP) is 5.00. The van der Waals surface area contributed by atoms with Gasteiger partial charge >= 0.3 is 0 Å². The molecule has 17 heavy (non-hydrogen) atoms. The molecule has 0 spiro atoms. The molecule has 1 aromatic carbocycles. The topological polar surface area (TPSA) is 9.23 Å². The lowest BCUT2D eigenvalue weighted by Crippen LogP contribution is -2.44. The van der Waals surface area contributed by atoms with Gasteiger partial charge in [-0.25, -0.2) is 0 Å². The summed E-state index contributed by atoms with van der Waals surface area (Å²) < 4.78 is 6.45. The van der Waals surface area contributed by atoms with E-state index in [0.29, 0.717) is 0 Å². The summed E-state index contributed by atoms with van der Waals surface area (Å²) in [5, 5.41) is 0.246. The lowest BCUT2D eigenvalue weighted by atomic mass is 10.1. The third-order valence-corrected chi connectivity index (χ3v) is 8.36. The average Bonchev–Trinajstić information content (AvgIpc) is 2.17. The first-order valence-corrected chi connectivity index (χ1v) is 9.23. The highest BCUT2D eigenvalue weighted by atomic mass is 28.4. The van der Waals surface area contributed by atoms with E-state index in [9.17, 15) is 0 Å². The minimum Gasteiger partial charge on any atom is -0.543 e. The van der Waals surface area contributed by atoms with Gasteiger partial charge < -0.3 is 4.43 Å². The van der Waals surface area contributed by atoms with Gasteiger partial charge in [0.05, 0.1) is 0 Å². The Labute approximate surface area is 107 Å². The molecule has 1 aromatic rings. The van der Waals surface area contributed by atoms with Gasteiger partial charge in [0.2, 0.25) is 0 Å². The average molecular weight is 250 g/mol. The fraction of sp³-hybridized carbons (Fsp3) is 0.600. The van der Waals surface area contributed by atoms with Gasteiger partial charge in [-0.3, -0.25) is 0 Å². The third-order valence-electron chi connectivity index (χ3n) is 4.04. The summed E-state index contributed by atoms with van der Waals surface area (Å²) >= 11 is 0. The van der Waals surface area contributed by atoms with Crippen LogP contribution in [0.1, 0.15) is 37.5 Å². The maximum atomic E-state index is 6.45. The van der Waals surface area contributed by atoms with E-state index >= 15 is 0 Å². The smallest absolute Gasteiger partial charge is 0.250 e. The molecule has 0 radical (unpaired) electrons. The number of aryl methyl sites for hydroxylation is 2. The summed E-state index contributed by atoms with van der Waals surface area (Å²) in [5.74, 6) is 1.11. The Morgan fingerprint density at radius 3 is 1.88 bits per heavy atom. The van der Waals surface area contributed by atoms with Gasteiger partial charge in [0.1, 0.15) is 5.75 Å². The van der Waals surface area contributed by atoms with Gasteiger partial charge in [0, 0.05) is 0 Å². The Bertz CT molecular complexity index is 414. The molecule has 1 rings (SSSR count). The van der Waals surface area contributed by atoms with Crippen molar-refractivity contribution >= 4 is 8.32 Å². The molecule has 0 aliphatic heterocycles. The van der Waals surface area contributed by atoms with Crippen molar-refractivity contribution < 1.29 is 4.43 Å². The van der Waals surface area contributed by atoms with E-state index in [1.807, 2.05) is 0 Å². The van der Waals surface area contributed by atoms with Gasteiger partial charge in [-0.1, -0.05) is 32.9 Å². The Morgan fingerprint density at radius 1 is 0.941 bits per heavy atom. The largest absolute Gasteiger partial charge is 0.543 e. The summed E-state index contributed by atoms with van der Waals surface area (Å²) in [7, 11) is -1.73. The van der Waals surface area contributed by atoms with Crippen LogP contribution in [0.2, 0.25) is 18.1 Å². The van der Waals surface area contributed by atoms with E-state index in [1.54, 1.807) is 0 Å². The van der Waals surface area contributed by atoms with Crippen molar-refractivity contribution in [3.63, 3.8) is 0 Å². The molecule has 0 aliphatic carbocycles. The summed E-state index contributed by atoms with van der Waals surface area (Å²) in [5.41, 5.74) is 3.84. The Balaban J connectivity index is 3.16. The van der Waals surface area contributed by atoms with Gasteiger partial charge in [-0.05, 0) is 55.6 Å². The third kappa shape index (κ3) is 2.92. The fourth-order valence-electron chi connectivity index (χ4n) is 1.49. The molecule has 0 amide bonds. The zero-order valence-corrected chi connectivity index (χ0v) is 13.6. The molecule has 96 valence electrons. The van der Waals surface area contributed by atoms with Crippen LogP contribution in [0.25, 0.3) is 0 Å². The zero-order chi connectivity index (χ0) is 13.4. The van der Waals surface area contributed by atoms with E-state index in [4.69, 9.17) is 4.43 Å². The second kappa shape index (κ2) is 4.49. The molecule has 0 aliphatic rings. The molecule has 0 unspecified atom stereocenters. The molecule has 1 nitrogen and oxygen atoms in total. The molecular formula is C15H26OSi. The lowest BCUT2D eigenvalue weighted by molar-refractivity contribution is 0.486. The van der Waals surface area contributed by atoms with Crippen molar-refractivity contribution in [2.24, 2.45) is 0 Å². The Kier molecular flexibility index (Phi) is 3.77. The summed E-state index contributed by atoms with van der Waals surface area (Å²) in [6.07, 6.45) is 0. The Hall–Kier alpha value is -0.763. The molecule has 0 aromatic heterocycles. The number of hydrogen-bond acceptors (Lipinski definition) is 1. The van der Waals surface area contributed by atoms with Crippen molar-refractivity contribution in [1.29, 1.82) is 0 Å². The fourth-order valence-corrected chi connectivity index (χ4v) is 2.62. The zero-order valence-electron chi connectivity index (χ0n) is 12.6. The van der Waals surface area contributed by atoms with Crippen molar-refractivity contribution in [3.8, 4) is 5.75 Å². The maximum Gasteiger partial charge on any atom is 0.250 e. The van der Waals surface area contributed by atoms with Gasteiger partial charge in [-0.2, -0.15) is 0 Å². The first-order valence-electron chi connectivity index (χ1n) is 6.32. The standard InChI is InChI=1S/C15H26OSi/c1-11-9-10-12(2)14(13(11)3)16-17(7,8)15(4,5)6/h9-10H,1-8H3. The van der Waals surface area contributed by atoms with Crippen LogP contribution in [0.3, 0.4) is 0 Å². The van der Waals surface area contributed by atoms with Gasteiger partial charge in [0.25, 0.3) is 8.32 Å². The van der Waals surface area contributed by atoms with Crippen LogP contribution in [0.4, 0.5) is 0 Å². The van der Waals surface area contributed by atoms with Crippen molar-refractivity contribution in [2.45, 2.75) is 59.7 Å². The van der Waals surface area contributed by atoms with E-state index < -0.39 is 8.32 Å². The molecule has 0 saturated carbocycles. The molecule has 0 saturated heterocycles. The van der Waals surface area contributed by atoms with Crippen molar-refractivity contribution in [2.75, 3.05) is 0 Å². The summed E-state index contributed by atoms with van der Waals surface area (Å²) in [6.45, 7) is 17.9. The van der Waals surface area contributed by atoms with E-state index in [1.165, 1.54) is 16.7 Å². The number of hydrogen-bond donors (Lipinski definition) is 0. The minimum atomic E-state index is -1.73. The maximum absolute atomic E-state index is 6.45. The van der Waals surface area contributed by atoms with E-state index in [0.717, 1.165) is 5.75 Å². The molecule has 0 atom stereocenters. The summed E-state index contributed by atoms with van der Waals surface area (Å²) in [4.78, 5) is 0. The highest BCUT2D eigenvalue weighted by molar-refractivity contribution is 6.74. The van der Waals surface area contributed by atoms with Crippen LogP contribution in [0, 0.1) is 20.8 Å². The highest BCUT2D eigenvalue weighted by Crippen LogP contribution is 2.39. The van der Waals surface area contributed by atoms with Crippen LogP contribution in [-0.2, 0) is 0 Å². The van der Waals surface area contributed by atoms with Crippen LogP contribution >= 0.6 is 0 Å². The van der Waals surface area contributed by atoms with Crippen LogP contribution < -0.4 is 4.43 Å². The van der Waals surface area contributed by atoms with Crippen molar-refractivity contribution in [3.05, 3.63) is 28.8 Å². The van der Waals surface area contributed by atoms with E-state index in [-0.39, 0.29) is 5.04 Å². The second-order valence-corrected chi connectivity index (χ2v) is 11.2. The highest BCUT2D eigenvalue weighted by Gasteiger charge is 2.39. The normalized spacial score (nSPS) is 12.7.